The standard InChI is InChI=1S/C20H19F3N8O/c1-30-10-8-13(28-30)16-27-17-11-5-4-6-12(20(21,22)23)15(11)26-19(31(17)29-16)25-14-7-2-3-9-24-18(14)32/h4-6,8,10,14H,2-3,7,9H2,1H3,(H,24,32)(H,25,26)/t14-/m1/s1. The summed E-state index contributed by atoms with van der Waals surface area (Å²) in [6.45, 7) is 0.558. The number of para-hydroxylation sites is 1. The smallest absolute Gasteiger partial charge is 0.354 e. The van der Waals surface area contributed by atoms with E-state index in [-0.39, 0.29) is 34.2 Å². The summed E-state index contributed by atoms with van der Waals surface area (Å²) in [6, 6.07) is 4.87. The number of alkyl halides is 3. The molecule has 12 heteroatoms. The molecule has 5 rings (SSSR count). The van der Waals surface area contributed by atoms with Crippen LogP contribution in [0.25, 0.3) is 28.1 Å². The zero-order valence-electron chi connectivity index (χ0n) is 17.0. The van der Waals surface area contributed by atoms with Crippen molar-refractivity contribution in [1.82, 2.24) is 34.7 Å². The maximum atomic E-state index is 13.7. The van der Waals surface area contributed by atoms with E-state index in [4.69, 9.17) is 0 Å². The van der Waals surface area contributed by atoms with Crippen LogP contribution >= 0.6 is 0 Å². The molecule has 0 aliphatic carbocycles. The zero-order chi connectivity index (χ0) is 22.5. The average molecular weight is 444 g/mol. The summed E-state index contributed by atoms with van der Waals surface area (Å²) in [5.41, 5.74) is -0.481. The van der Waals surface area contributed by atoms with Gasteiger partial charge >= 0.3 is 6.18 Å². The Bertz CT molecular complexity index is 1330. The molecule has 0 spiro atoms. The van der Waals surface area contributed by atoms with Crippen molar-refractivity contribution in [3.63, 3.8) is 0 Å². The summed E-state index contributed by atoms with van der Waals surface area (Å²) >= 11 is 0. The number of hydrogen-bond acceptors (Lipinski definition) is 6. The first-order valence-corrected chi connectivity index (χ1v) is 10.1. The zero-order valence-corrected chi connectivity index (χ0v) is 17.0. The normalized spacial score (nSPS) is 17.5. The van der Waals surface area contributed by atoms with E-state index < -0.39 is 17.8 Å². The molecule has 1 aliphatic rings. The molecule has 4 aromatic rings. The maximum Gasteiger partial charge on any atom is 0.418 e. The number of benzene rings is 1. The van der Waals surface area contributed by atoms with E-state index in [1.807, 2.05) is 0 Å². The number of carbonyl (C=O) groups excluding carboxylic acids is 1. The van der Waals surface area contributed by atoms with Gasteiger partial charge in [-0.2, -0.15) is 22.8 Å². The van der Waals surface area contributed by atoms with Gasteiger partial charge in [0, 0.05) is 25.2 Å². The fraction of sp³-hybridized carbons (Fsp3) is 0.350. The average Bonchev–Trinajstić information content (AvgIpc) is 3.33. The van der Waals surface area contributed by atoms with Gasteiger partial charge in [0.05, 0.1) is 11.1 Å². The molecule has 0 unspecified atom stereocenters. The number of aryl methyl sites for hydroxylation is 1. The minimum Gasteiger partial charge on any atom is -0.354 e. The van der Waals surface area contributed by atoms with Gasteiger partial charge in [-0.15, -0.1) is 5.10 Å². The lowest BCUT2D eigenvalue weighted by atomic mass is 10.1. The summed E-state index contributed by atoms with van der Waals surface area (Å²) in [6.07, 6.45) is -0.747. The number of amides is 1. The van der Waals surface area contributed by atoms with Crippen LogP contribution in [0.2, 0.25) is 0 Å². The van der Waals surface area contributed by atoms with E-state index in [0.717, 1.165) is 18.9 Å². The van der Waals surface area contributed by atoms with Crippen molar-refractivity contribution in [2.24, 2.45) is 7.05 Å². The minimum absolute atomic E-state index is 0.0148. The molecule has 2 N–H and O–H groups in total. The van der Waals surface area contributed by atoms with Crippen molar-refractivity contribution in [2.75, 3.05) is 11.9 Å². The number of aromatic nitrogens is 6. The molecule has 0 radical (unpaired) electrons. The van der Waals surface area contributed by atoms with E-state index in [0.29, 0.717) is 18.7 Å². The monoisotopic (exact) mass is 444 g/mol. The first-order chi connectivity index (χ1) is 15.3. The lowest BCUT2D eigenvalue weighted by Gasteiger charge is -2.17. The van der Waals surface area contributed by atoms with E-state index in [1.54, 1.807) is 24.0 Å². The van der Waals surface area contributed by atoms with Crippen molar-refractivity contribution in [1.29, 1.82) is 0 Å². The van der Waals surface area contributed by atoms with Crippen molar-refractivity contribution in [2.45, 2.75) is 31.5 Å². The molecule has 4 heterocycles. The van der Waals surface area contributed by atoms with Crippen LogP contribution in [0.4, 0.5) is 19.1 Å². The molecule has 32 heavy (non-hydrogen) atoms. The van der Waals surface area contributed by atoms with Crippen molar-refractivity contribution >= 4 is 28.4 Å². The van der Waals surface area contributed by atoms with Gasteiger partial charge in [0.1, 0.15) is 11.7 Å². The fourth-order valence-electron chi connectivity index (χ4n) is 3.83. The number of anilines is 1. The van der Waals surface area contributed by atoms with Crippen LogP contribution in [-0.4, -0.2) is 47.9 Å². The number of hydrogen-bond donors (Lipinski definition) is 2. The molecule has 1 fully saturated rings. The predicted molar refractivity (Wildman–Crippen MR) is 110 cm³/mol. The minimum atomic E-state index is -4.61. The van der Waals surface area contributed by atoms with Crippen LogP contribution in [-0.2, 0) is 18.0 Å². The molecule has 1 amide bonds. The van der Waals surface area contributed by atoms with Crippen LogP contribution in [0, 0.1) is 0 Å². The first kappa shape index (κ1) is 20.2. The number of nitrogens with one attached hydrogen (secondary N) is 2. The van der Waals surface area contributed by atoms with Crippen molar-refractivity contribution in [3.8, 4) is 11.5 Å². The quantitative estimate of drug-likeness (QED) is 0.504. The lowest BCUT2D eigenvalue weighted by molar-refractivity contribution is -0.136. The summed E-state index contributed by atoms with van der Waals surface area (Å²) in [7, 11) is 1.74. The molecule has 1 atom stereocenters. The van der Waals surface area contributed by atoms with Gasteiger partial charge in [-0.1, -0.05) is 6.07 Å². The van der Waals surface area contributed by atoms with E-state index in [2.05, 4.69) is 30.8 Å². The van der Waals surface area contributed by atoms with Gasteiger partial charge in [0.2, 0.25) is 17.7 Å². The Morgan fingerprint density at radius 1 is 1.16 bits per heavy atom. The number of fused-ring (bicyclic) bond motifs is 3. The highest BCUT2D eigenvalue weighted by Crippen LogP contribution is 2.36. The predicted octanol–water partition coefficient (Wildman–Crippen LogP) is 2.78. The Morgan fingerprint density at radius 2 is 2.00 bits per heavy atom. The van der Waals surface area contributed by atoms with Gasteiger partial charge < -0.3 is 10.6 Å². The van der Waals surface area contributed by atoms with Crippen LogP contribution < -0.4 is 10.6 Å². The third-order valence-corrected chi connectivity index (χ3v) is 5.39. The highest BCUT2D eigenvalue weighted by atomic mass is 19.4. The van der Waals surface area contributed by atoms with E-state index in [9.17, 15) is 18.0 Å². The molecule has 1 aliphatic heterocycles. The topological polar surface area (TPSA) is 102 Å². The summed E-state index contributed by atoms with van der Waals surface area (Å²) in [5.74, 6) is 0.0262. The molecule has 1 aromatic carbocycles. The van der Waals surface area contributed by atoms with E-state index >= 15 is 0 Å². The van der Waals surface area contributed by atoms with Gasteiger partial charge in [-0.3, -0.25) is 9.48 Å². The summed E-state index contributed by atoms with van der Waals surface area (Å²) in [5, 5.41) is 14.7. The first-order valence-electron chi connectivity index (χ1n) is 10.1. The second kappa shape index (κ2) is 7.46. The van der Waals surface area contributed by atoms with Gasteiger partial charge in [0.25, 0.3) is 0 Å². The number of halogens is 3. The van der Waals surface area contributed by atoms with Gasteiger partial charge in [-0.25, -0.2) is 9.97 Å². The molecule has 166 valence electrons. The third-order valence-electron chi connectivity index (χ3n) is 5.39. The molecule has 9 nitrogen and oxygen atoms in total. The second-order valence-corrected chi connectivity index (χ2v) is 7.66. The Kier molecular flexibility index (Phi) is 4.72. The van der Waals surface area contributed by atoms with Crippen LogP contribution in [0.5, 0.6) is 0 Å². The number of nitrogens with zero attached hydrogens (tertiary/aromatic N) is 6. The summed E-state index contributed by atoms with van der Waals surface area (Å²) in [4.78, 5) is 21.2. The van der Waals surface area contributed by atoms with E-state index in [1.165, 1.54) is 16.6 Å². The molecule has 1 saturated heterocycles. The van der Waals surface area contributed by atoms with Crippen LogP contribution in [0.15, 0.2) is 30.5 Å². The molecule has 3 aromatic heterocycles. The highest BCUT2D eigenvalue weighted by molar-refractivity contribution is 5.95. The Labute approximate surface area is 179 Å². The van der Waals surface area contributed by atoms with Gasteiger partial charge in [-0.05, 0) is 37.5 Å². The maximum absolute atomic E-state index is 13.7. The van der Waals surface area contributed by atoms with Crippen LogP contribution in [0.3, 0.4) is 0 Å². The lowest BCUT2D eigenvalue weighted by Crippen LogP contribution is -2.38. The van der Waals surface area contributed by atoms with Crippen molar-refractivity contribution < 1.29 is 18.0 Å². The largest absolute Gasteiger partial charge is 0.418 e. The Balaban J connectivity index is 1.74. The number of carbonyl (C=O) groups is 1. The van der Waals surface area contributed by atoms with Crippen molar-refractivity contribution in [3.05, 3.63) is 36.0 Å². The highest BCUT2D eigenvalue weighted by Gasteiger charge is 2.34. The molecular weight excluding hydrogens is 425 g/mol. The van der Waals surface area contributed by atoms with Crippen LogP contribution in [0.1, 0.15) is 24.8 Å². The summed E-state index contributed by atoms with van der Waals surface area (Å²) < 4.78 is 44.1. The fourth-order valence-corrected chi connectivity index (χ4v) is 3.83. The molecule has 0 bridgehead atoms. The SMILES string of the molecule is Cn1ccc(-c2nc3c4cccc(C(F)(F)F)c4nc(N[C@@H]4CCCCNC4=O)n3n2)n1. The molecular formula is C20H19F3N8O. The molecule has 0 saturated carbocycles. The Morgan fingerprint density at radius 3 is 2.75 bits per heavy atom. The number of rotatable bonds is 3. The third kappa shape index (κ3) is 3.51. The Hall–Kier alpha value is -3.70. The van der Waals surface area contributed by atoms with Gasteiger partial charge in [0.15, 0.2) is 5.65 Å². The second-order valence-electron chi connectivity index (χ2n) is 7.66.